The highest BCUT2D eigenvalue weighted by atomic mass is 17.1. The zero-order valence-electron chi connectivity index (χ0n) is 3.00. The van der Waals surface area contributed by atoms with Crippen LogP contribution in [0, 0.1) is 10.4 Å². The molecule has 0 atom stereocenters. The SMILES string of the molecule is C=C[N+]([O-])([O-])O. The van der Waals surface area contributed by atoms with Crippen LogP contribution in [0.15, 0.2) is 12.8 Å². The quantitative estimate of drug-likeness (QED) is 0.372. The van der Waals surface area contributed by atoms with E-state index in [9.17, 15) is 10.4 Å². The van der Waals surface area contributed by atoms with Gasteiger partial charge < -0.3 is 10.4 Å². The molecule has 1 N–H and O–H groups in total. The first-order valence-corrected chi connectivity index (χ1v) is 1.23. The Hall–Kier alpha value is -0.420. The summed E-state index contributed by atoms with van der Waals surface area (Å²) in [5, 5.41) is 26.1. The van der Waals surface area contributed by atoms with Gasteiger partial charge in [-0.2, -0.15) is 0 Å². The van der Waals surface area contributed by atoms with Crippen molar-refractivity contribution in [3.8, 4) is 0 Å². The fourth-order valence-electron chi connectivity index (χ4n) is 0. The van der Waals surface area contributed by atoms with Crippen molar-refractivity contribution in [2.45, 2.75) is 0 Å². The highest BCUT2D eigenvalue weighted by Gasteiger charge is 1.81. The second kappa shape index (κ2) is 1.36. The maximum atomic E-state index is 9.29. The molecule has 0 heterocycles. The molecule has 0 bridgehead atoms. The highest BCUT2D eigenvalue weighted by Crippen LogP contribution is 1.89. The van der Waals surface area contributed by atoms with Crippen LogP contribution in [0.1, 0.15) is 0 Å². The van der Waals surface area contributed by atoms with Gasteiger partial charge in [0.15, 0.2) is 0 Å². The summed E-state index contributed by atoms with van der Waals surface area (Å²) in [5.74, 6) is 0. The van der Waals surface area contributed by atoms with Gasteiger partial charge >= 0.3 is 0 Å². The van der Waals surface area contributed by atoms with E-state index in [0.717, 1.165) is 0 Å². The normalized spacial score (nSPS) is 11.2. The summed E-state index contributed by atoms with van der Waals surface area (Å²) < 4.78 is 0. The van der Waals surface area contributed by atoms with E-state index >= 15 is 0 Å². The predicted molar refractivity (Wildman–Crippen MR) is 19.0 cm³/mol. The zero-order chi connectivity index (χ0) is 5.21. The Morgan fingerprint density at radius 1 is 1.67 bits per heavy atom. The smallest absolute Gasteiger partial charge is 0.122 e. The molecule has 0 aromatic heterocycles. The van der Waals surface area contributed by atoms with Crippen molar-refractivity contribution in [3.63, 3.8) is 0 Å². The first-order valence-electron chi connectivity index (χ1n) is 1.23. The van der Waals surface area contributed by atoms with E-state index < -0.39 is 4.97 Å². The third kappa shape index (κ3) is 3.58. The summed E-state index contributed by atoms with van der Waals surface area (Å²) in [4.78, 5) is -2.67. The van der Waals surface area contributed by atoms with Crippen LogP contribution >= 0.6 is 0 Å². The van der Waals surface area contributed by atoms with Gasteiger partial charge in [0.25, 0.3) is 0 Å². The van der Waals surface area contributed by atoms with Gasteiger partial charge in [-0.3, -0.25) is 0 Å². The van der Waals surface area contributed by atoms with Crippen LogP contribution < -0.4 is 0 Å². The van der Waals surface area contributed by atoms with E-state index in [1.165, 1.54) is 0 Å². The molecule has 0 amide bonds. The van der Waals surface area contributed by atoms with Gasteiger partial charge in [0, 0.05) is 0 Å². The van der Waals surface area contributed by atoms with Crippen molar-refractivity contribution in [1.82, 2.24) is 0 Å². The van der Waals surface area contributed by atoms with Crippen LogP contribution in [0.3, 0.4) is 0 Å². The number of rotatable bonds is 1. The molecule has 0 aromatic carbocycles. The predicted octanol–water partition coefficient (Wildman–Crippen LogP) is 0.331. The Bertz CT molecular complexity index is 54.3. The Kier molecular flexibility index (Phi) is 1.26. The van der Waals surface area contributed by atoms with Gasteiger partial charge in [0.05, 0.1) is 0 Å². The van der Waals surface area contributed by atoms with Crippen molar-refractivity contribution in [2.75, 3.05) is 0 Å². The topological polar surface area (TPSA) is 66.3 Å². The standard InChI is InChI=1S/C2H4NO3/c1-2-3(4,5)6/h2,4H,1H2/q-1. The van der Waals surface area contributed by atoms with Gasteiger partial charge in [-0.05, 0) is 6.58 Å². The summed E-state index contributed by atoms with van der Waals surface area (Å²) >= 11 is 0. The minimum atomic E-state index is -2.67. The van der Waals surface area contributed by atoms with E-state index in [1.54, 1.807) is 0 Å². The van der Waals surface area contributed by atoms with Gasteiger partial charge in [0.1, 0.15) is 6.20 Å². The van der Waals surface area contributed by atoms with Gasteiger partial charge in [-0.15, -0.1) is 0 Å². The molecular formula is C2H4NO3-. The van der Waals surface area contributed by atoms with Crippen molar-refractivity contribution in [2.24, 2.45) is 0 Å². The molecule has 0 aromatic rings. The average Bonchev–Trinajstić information content (AvgIpc) is 1.35. The number of hydrogen-bond acceptors (Lipinski definition) is 3. The summed E-state index contributed by atoms with van der Waals surface area (Å²) in [6.45, 7) is 2.73. The Labute approximate surface area is 34.6 Å². The number of nitrogens with zero attached hydrogens (tertiary/aromatic N) is 1. The van der Waals surface area contributed by atoms with E-state index in [2.05, 4.69) is 6.58 Å². The largest absolute Gasteiger partial charge is 0.593 e. The molecule has 0 fully saturated rings. The highest BCUT2D eigenvalue weighted by molar-refractivity contribution is 4.49. The molecule has 0 aliphatic rings. The third-order valence-corrected chi connectivity index (χ3v) is 0.231. The molecule has 36 valence electrons. The van der Waals surface area contributed by atoms with Crippen LogP contribution in [0.25, 0.3) is 0 Å². The van der Waals surface area contributed by atoms with Gasteiger partial charge in [-0.25, -0.2) is 10.2 Å². The van der Waals surface area contributed by atoms with Crippen molar-refractivity contribution < 1.29 is 10.2 Å². The summed E-state index contributed by atoms with van der Waals surface area (Å²) in [7, 11) is 0. The minimum Gasteiger partial charge on any atom is -0.593 e. The summed E-state index contributed by atoms with van der Waals surface area (Å²) in [6.07, 6.45) is 0.319. The molecule has 0 spiro atoms. The molecule has 0 unspecified atom stereocenters. The number of hydrogen-bond donors (Lipinski definition) is 1. The average molecular weight is 90.1 g/mol. The number of quaternary nitrogens is 1. The molecule has 0 saturated heterocycles. The summed E-state index contributed by atoms with van der Waals surface area (Å²) in [6, 6.07) is 0. The van der Waals surface area contributed by atoms with Crippen molar-refractivity contribution >= 4 is 0 Å². The van der Waals surface area contributed by atoms with Crippen molar-refractivity contribution in [3.05, 3.63) is 23.2 Å². The zero-order valence-corrected chi connectivity index (χ0v) is 3.00. The molecule has 0 aliphatic carbocycles. The Morgan fingerprint density at radius 2 is 1.83 bits per heavy atom. The fourth-order valence-corrected chi connectivity index (χ4v) is 0. The first-order chi connectivity index (χ1) is 2.56. The molecule has 4 heteroatoms. The fraction of sp³-hybridized carbons (Fsp3) is 0. The lowest BCUT2D eigenvalue weighted by Gasteiger charge is -2.31. The second-order valence-corrected chi connectivity index (χ2v) is 0.747. The Morgan fingerprint density at radius 3 is 1.83 bits per heavy atom. The molecular weight excluding hydrogens is 86.0 g/mol. The van der Waals surface area contributed by atoms with Gasteiger partial charge in [0.2, 0.25) is 0 Å². The molecule has 0 radical (unpaired) electrons. The van der Waals surface area contributed by atoms with Crippen LogP contribution in [0.5, 0.6) is 0 Å². The molecule has 4 nitrogen and oxygen atoms in total. The molecule has 6 heavy (non-hydrogen) atoms. The monoisotopic (exact) mass is 90.0 g/mol. The van der Waals surface area contributed by atoms with E-state index in [-0.39, 0.29) is 0 Å². The lowest BCUT2D eigenvalue weighted by molar-refractivity contribution is -0.981. The number of hydroxylamine groups is 3. The third-order valence-electron chi connectivity index (χ3n) is 0.231. The summed E-state index contributed by atoms with van der Waals surface area (Å²) in [5.41, 5.74) is 0. The van der Waals surface area contributed by atoms with Gasteiger partial charge in [-0.1, -0.05) is 0 Å². The molecule has 0 saturated carbocycles. The van der Waals surface area contributed by atoms with Crippen LogP contribution in [0.4, 0.5) is 0 Å². The molecule has 0 aliphatic heterocycles. The van der Waals surface area contributed by atoms with Crippen molar-refractivity contribution in [1.29, 1.82) is 0 Å². The molecule has 0 rings (SSSR count). The lowest BCUT2D eigenvalue weighted by Crippen LogP contribution is -2.21. The maximum absolute atomic E-state index is 9.29. The Balaban J connectivity index is 3.45. The maximum Gasteiger partial charge on any atom is 0.122 e. The van der Waals surface area contributed by atoms with E-state index in [1.807, 2.05) is 0 Å². The van der Waals surface area contributed by atoms with E-state index in [0.29, 0.717) is 6.20 Å². The first kappa shape index (κ1) is 5.58. The van der Waals surface area contributed by atoms with Crippen LogP contribution in [-0.2, 0) is 0 Å². The van der Waals surface area contributed by atoms with E-state index in [4.69, 9.17) is 5.21 Å². The van der Waals surface area contributed by atoms with Crippen LogP contribution in [0.2, 0.25) is 0 Å². The van der Waals surface area contributed by atoms with Crippen LogP contribution in [-0.4, -0.2) is 10.2 Å². The lowest BCUT2D eigenvalue weighted by atomic mass is 11.1. The minimum absolute atomic E-state index is 0.319. The second-order valence-electron chi connectivity index (χ2n) is 0.747.